The van der Waals surface area contributed by atoms with Crippen LogP contribution in [0.1, 0.15) is 18.4 Å². The second-order valence-electron chi connectivity index (χ2n) is 6.41. The fourth-order valence-electron chi connectivity index (χ4n) is 2.77. The third kappa shape index (κ3) is 3.64. The SMILES string of the molecule is COc1ccccc1CSc1nc2ccc(NC(=O)C3(C#N)CC3)cc2s1. The van der Waals surface area contributed by atoms with Gasteiger partial charge >= 0.3 is 0 Å². The summed E-state index contributed by atoms with van der Waals surface area (Å²) in [4.78, 5) is 16.9. The van der Waals surface area contributed by atoms with Gasteiger partial charge in [-0.15, -0.1) is 11.3 Å². The van der Waals surface area contributed by atoms with E-state index in [4.69, 9.17) is 10.00 Å². The third-order valence-electron chi connectivity index (χ3n) is 4.57. The highest BCUT2D eigenvalue weighted by molar-refractivity contribution is 8.00. The first-order valence-electron chi connectivity index (χ1n) is 8.51. The number of nitrogens with zero attached hydrogens (tertiary/aromatic N) is 2. The smallest absolute Gasteiger partial charge is 0.244 e. The van der Waals surface area contributed by atoms with Crippen LogP contribution in [0.3, 0.4) is 0 Å². The molecule has 4 rings (SSSR count). The van der Waals surface area contributed by atoms with Crippen molar-refractivity contribution in [3.8, 4) is 11.8 Å². The summed E-state index contributed by atoms with van der Waals surface area (Å²) in [7, 11) is 1.68. The maximum atomic E-state index is 12.2. The van der Waals surface area contributed by atoms with Crippen molar-refractivity contribution in [1.29, 1.82) is 5.26 Å². The minimum atomic E-state index is -0.821. The molecule has 1 aliphatic rings. The Balaban J connectivity index is 1.48. The lowest BCUT2D eigenvalue weighted by atomic mass is 10.1. The number of carbonyl (C=O) groups excluding carboxylic acids is 1. The van der Waals surface area contributed by atoms with Crippen molar-refractivity contribution in [1.82, 2.24) is 4.98 Å². The number of aromatic nitrogens is 1. The van der Waals surface area contributed by atoms with Gasteiger partial charge in [0, 0.05) is 17.0 Å². The number of rotatable bonds is 6. The maximum Gasteiger partial charge on any atom is 0.244 e. The van der Waals surface area contributed by atoms with Crippen LogP contribution in [-0.2, 0) is 10.5 Å². The normalized spacial score (nSPS) is 14.5. The van der Waals surface area contributed by atoms with E-state index in [-0.39, 0.29) is 5.91 Å². The third-order valence-corrected chi connectivity index (χ3v) is 6.78. The van der Waals surface area contributed by atoms with Crippen molar-refractivity contribution in [2.75, 3.05) is 12.4 Å². The minimum absolute atomic E-state index is 0.209. The zero-order valence-electron chi connectivity index (χ0n) is 14.7. The number of hydrogen-bond donors (Lipinski definition) is 1. The summed E-state index contributed by atoms with van der Waals surface area (Å²) in [6.45, 7) is 0. The number of benzene rings is 2. The van der Waals surface area contributed by atoms with Crippen molar-refractivity contribution in [3.05, 3.63) is 48.0 Å². The highest BCUT2D eigenvalue weighted by Gasteiger charge is 2.50. The number of ether oxygens (including phenoxy) is 1. The van der Waals surface area contributed by atoms with E-state index < -0.39 is 5.41 Å². The molecule has 1 amide bonds. The van der Waals surface area contributed by atoms with Gasteiger partial charge in [0.2, 0.25) is 5.91 Å². The number of anilines is 1. The van der Waals surface area contributed by atoms with Gasteiger partial charge in [-0.2, -0.15) is 5.26 Å². The number of thiazole rings is 1. The molecule has 0 atom stereocenters. The molecule has 27 heavy (non-hydrogen) atoms. The molecule has 0 unspecified atom stereocenters. The van der Waals surface area contributed by atoms with Crippen molar-refractivity contribution >= 4 is 44.9 Å². The van der Waals surface area contributed by atoms with Crippen LogP contribution >= 0.6 is 23.1 Å². The summed E-state index contributed by atoms with van der Waals surface area (Å²) in [5.74, 6) is 1.44. The number of para-hydroxylation sites is 1. The minimum Gasteiger partial charge on any atom is -0.496 e. The average molecular weight is 396 g/mol. The Morgan fingerprint density at radius 1 is 1.37 bits per heavy atom. The van der Waals surface area contributed by atoms with Crippen molar-refractivity contribution in [2.45, 2.75) is 22.9 Å². The zero-order valence-corrected chi connectivity index (χ0v) is 16.3. The first kappa shape index (κ1) is 17.8. The molecule has 0 aliphatic heterocycles. The molecule has 7 heteroatoms. The van der Waals surface area contributed by atoms with E-state index in [9.17, 15) is 4.79 Å². The van der Waals surface area contributed by atoms with E-state index in [1.807, 2.05) is 36.4 Å². The number of amides is 1. The van der Waals surface area contributed by atoms with Gasteiger partial charge in [-0.3, -0.25) is 4.79 Å². The van der Waals surface area contributed by atoms with Gasteiger partial charge in [0.15, 0.2) is 4.34 Å². The summed E-state index contributed by atoms with van der Waals surface area (Å²) >= 11 is 3.26. The number of carbonyl (C=O) groups is 1. The lowest BCUT2D eigenvalue weighted by Crippen LogP contribution is -2.22. The van der Waals surface area contributed by atoms with Crippen LogP contribution in [0, 0.1) is 16.7 Å². The van der Waals surface area contributed by atoms with E-state index in [1.165, 1.54) is 0 Å². The number of hydrogen-bond acceptors (Lipinski definition) is 6. The van der Waals surface area contributed by atoms with Crippen LogP contribution in [-0.4, -0.2) is 18.0 Å². The van der Waals surface area contributed by atoms with Crippen LogP contribution in [0.25, 0.3) is 10.2 Å². The number of nitrogens with one attached hydrogen (secondary N) is 1. The molecular weight excluding hydrogens is 378 g/mol. The molecule has 136 valence electrons. The van der Waals surface area contributed by atoms with Gasteiger partial charge in [0.25, 0.3) is 0 Å². The van der Waals surface area contributed by atoms with E-state index in [0.717, 1.165) is 31.6 Å². The summed E-state index contributed by atoms with van der Waals surface area (Å²) in [6, 6.07) is 15.7. The average Bonchev–Trinajstić information content (AvgIpc) is 3.40. The molecule has 0 radical (unpaired) electrons. The van der Waals surface area contributed by atoms with Crippen molar-refractivity contribution < 1.29 is 9.53 Å². The number of fused-ring (bicyclic) bond motifs is 1. The number of nitriles is 1. The van der Waals surface area contributed by atoms with E-state index in [2.05, 4.69) is 22.4 Å². The molecule has 1 aromatic heterocycles. The van der Waals surface area contributed by atoms with Crippen LogP contribution in [0.2, 0.25) is 0 Å². The second-order valence-corrected chi connectivity index (χ2v) is 8.66. The van der Waals surface area contributed by atoms with E-state index in [0.29, 0.717) is 18.5 Å². The Kier molecular flexibility index (Phi) is 4.77. The first-order chi connectivity index (χ1) is 13.1. The quantitative estimate of drug-likeness (QED) is 0.605. The molecule has 5 nitrogen and oxygen atoms in total. The lowest BCUT2D eigenvalue weighted by Gasteiger charge is -2.07. The molecule has 3 aromatic rings. The van der Waals surface area contributed by atoms with E-state index in [1.54, 1.807) is 30.2 Å². The van der Waals surface area contributed by atoms with Gasteiger partial charge in [-0.25, -0.2) is 4.98 Å². The maximum absolute atomic E-state index is 12.2. The molecule has 0 spiro atoms. The molecule has 1 heterocycles. The monoisotopic (exact) mass is 395 g/mol. The molecule has 1 N–H and O–H groups in total. The number of methoxy groups -OCH3 is 1. The lowest BCUT2D eigenvalue weighted by molar-refractivity contribution is -0.119. The van der Waals surface area contributed by atoms with E-state index >= 15 is 0 Å². The Morgan fingerprint density at radius 2 is 2.19 bits per heavy atom. The van der Waals surface area contributed by atoms with Crippen LogP contribution in [0.4, 0.5) is 5.69 Å². The van der Waals surface area contributed by atoms with Crippen LogP contribution in [0.5, 0.6) is 5.75 Å². The standard InChI is InChI=1S/C20H17N3O2S2/c1-25-16-5-3-2-4-13(16)11-26-19-23-15-7-6-14(10-17(15)27-19)22-18(24)20(12-21)8-9-20/h2-7,10H,8-9,11H2,1H3,(H,22,24). The van der Waals surface area contributed by atoms with Crippen LogP contribution in [0.15, 0.2) is 46.8 Å². The van der Waals surface area contributed by atoms with Crippen molar-refractivity contribution in [2.24, 2.45) is 5.41 Å². The highest BCUT2D eigenvalue weighted by Crippen LogP contribution is 2.46. The van der Waals surface area contributed by atoms with Crippen molar-refractivity contribution in [3.63, 3.8) is 0 Å². The highest BCUT2D eigenvalue weighted by atomic mass is 32.2. The Bertz CT molecular complexity index is 1050. The summed E-state index contributed by atoms with van der Waals surface area (Å²) in [6.07, 6.45) is 1.28. The molecule has 1 saturated carbocycles. The fourth-order valence-corrected chi connectivity index (χ4v) is 4.87. The van der Waals surface area contributed by atoms with Gasteiger partial charge in [-0.05, 0) is 37.1 Å². The molecular formula is C20H17N3O2S2. The molecule has 0 bridgehead atoms. The zero-order chi connectivity index (χ0) is 18.9. The molecule has 1 aliphatic carbocycles. The number of thioether (sulfide) groups is 1. The van der Waals surface area contributed by atoms with Gasteiger partial charge in [-0.1, -0.05) is 30.0 Å². The molecule has 1 fully saturated rings. The topological polar surface area (TPSA) is 75.0 Å². The predicted octanol–water partition coefficient (Wildman–Crippen LogP) is 4.84. The molecule has 2 aromatic carbocycles. The van der Waals surface area contributed by atoms with Gasteiger partial charge in [0.05, 0.1) is 23.4 Å². The fraction of sp³-hybridized carbons (Fsp3) is 0.250. The Labute approximate surface area is 165 Å². The first-order valence-corrected chi connectivity index (χ1v) is 10.3. The second kappa shape index (κ2) is 7.22. The molecule has 0 saturated heterocycles. The van der Waals surface area contributed by atoms with Crippen LogP contribution < -0.4 is 10.1 Å². The summed E-state index contributed by atoms with van der Waals surface area (Å²) < 4.78 is 7.37. The summed E-state index contributed by atoms with van der Waals surface area (Å²) in [5.41, 5.74) is 1.92. The Hall–Kier alpha value is -2.56. The van der Waals surface area contributed by atoms with Gasteiger partial charge in [0.1, 0.15) is 11.2 Å². The largest absolute Gasteiger partial charge is 0.496 e. The predicted molar refractivity (Wildman–Crippen MR) is 108 cm³/mol. The van der Waals surface area contributed by atoms with Gasteiger partial charge < -0.3 is 10.1 Å². The Morgan fingerprint density at radius 3 is 2.93 bits per heavy atom. The summed E-state index contributed by atoms with van der Waals surface area (Å²) in [5, 5.41) is 12.0.